The van der Waals surface area contributed by atoms with Gasteiger partial charge in [-0.2, -0.15) is 0 Å². The van der Waals surface area contributed by atoms with Gasteiger partial charge in [0.2, 0.25) is 0 Å². The molecule has 0 aliphatic carbocycles. The molecule has 3 rings (SSSR count). The molecule has 1 atom stereocenters. The van der Waals surface area contributed by atoms with Gasteiger partial charge in [-0.1, -0.05) is 66.4 Å². The Morgan fingerprint density at radius 2 is 1.48 bits per heavy atom. The van der Waals surface area contributed by atoms with Crippen LogP contribution in [0, 0.1) is 11.8 Å². The maximum atomic E-state index is 10.6. The van der Waals surface area contributed by atoms with Crippen LogP contribution in [0.1, 0.15) is 18.1 Å². The Morgan fingerprint density at radius 1 is 0.810 bits per heavy atom. The molecule has 0 saturated carbocycles. The summed E-state index contributed by atoms with van der Waals surface area (Å²) in [6.07, 6.45) is 0. The van der Waals surface area contributed by atoms with E-state index >= 15 is 0 Å². The minimum absolute atomic E-state index is 0.810. The molecule has 21 heavy (non-hydrogen) atoms. The van der Waals surface area contributed by atoms with Crippen molar-refractivity contribution in [3.05, 3.63) is 83.9 Å². The fourth-order valence-corrected chi connectivity index (χ4v) is 2.28. The highest BCUT2D eigenvalue weighted by atomic mass is 16.3. The second-order valence-corrected chi connectivity index (χ2v) is 5.25. The van der Waals surface area contributed by atoms with Crippen LogP contribution >= 0.6 is 0 Å². The number of hydrogen-bond acceptors (Lipinski definition) is 1. The summed E-state index contributed by atoms with van der Waals surface area (Å²) in [6.45, 7) is 1.73. The lowest BCUT2D eigenvalue weighted by Gasteiger charge is -2.17. The monoisotopic (exact) mass is 272 g/mol. The predicted octanol–water partition coefficient (Wildman–Crippen LogP) is 4.10. The smallest absolute Gasteiger partial charge is 0.148 e. The third-order valence-corrected chi connectivity index (χ3v) is 3.54. The van der Waals surface area contributed by atoms with Gasteiger partial charge in [0.25, 0.3) is 0 Å². The van der Waals surface area contributed by atoms with Gasteiger partial charge in [-0.15, -0.1) is 0 Å². The van der Waals surface area contributed by atoms with E-state index in [1.165, 1.54) is 0 Å². The van der Waals surface area contributed by atoms with Crippen LogP contribution in [0.2, 0.25) is 0 Å². The molecule has 0 aliphatic rings. The molecule has 3 aromatic carbocycles. The summed E-state index contributed by atoms with van der Waals surface area (Å²) in [5.74, 6) is 5.99. The first kappa shape index (κ1) is 13.4. The Balaban J connectivity index is 1.98. The molecule has 102 valence electrons. The topological polar surface area (TPSA) is 20.2 Å². The van der Waals surface area contributed by atoms with E-state index in [0.29, 0.717) is 0 Å². The molecule has 0 radical (unpaired) electrons. The third kappa shape index (κ3) is 2.97. The maximum absolute atomic E-state index is 10.6. The molecule has 0 aliphatic heterocycles. The Hall–Kier alpha value is -2.56. The number of aliphatic hydroxyl groups is 1. The van der Waals surface area contributed by atoms with Gasteiger partial charge in [-0.3, -0.25) is 0 Å². The normalized spacial score (nSPS) is 13.2. The van der Waals surface area contributed by atoms with Crippen LogP contribution in [-0.2, 0) is 5.60 Å². The van der Waals surface area contributed by atoms with Crippen molar-refractivity contribution >= 4 is 10.8 Å². The highest BCUT2D eigenvalue weighted by molar-refractivity contribution is 5.83. The molecule has 0 fully saturated rings. The molecule has 0 spiro atoms. The molecule has 1 N–H and O–H groups in total. The third-order valence-electron chi connectivity index (χ3n) is 3.54. The number of rotatable bonds is 1. The van der Waals surface area contributed by atoms with E-state index in [4.69, 9.17) is 0 Å². The fourth-order valence-electron chi connectivity index (χ4n) is 2.28. The van der Waals surface area contributed by atoms with Gasteiger partial charge in [0, 0.05) is 5.56 Å². The average molecular weight is 272 g/mol. The van der Waals surface area contributed by atoms with Crippen molar-refractivity contribution in [2.24, 2.45) is 0 Å². The van der Waals surface area contributed by atoms with Crippen LogP contribution in [0.4, 0.5) is 0 Å². The summed E-state index contributed by atoms with van der Waals surface area (Å²) in [7, 11) is 0. The highest BCUT2D eigenvalue weighted by Crippen LogP contribution is 2.24. The molecule has 0 heterocycles. The highest BCUT2D eigenvalue weighted by Gasteiger charge is 2.20. The van der Waals surface area contributed by atoms with E-state index in [1.54, 1.807) is 6.92 Å². The first-order valence-electron chi connectivity index (χ1n) is 6.95. The molecular formula is C20H16O. The number of hydrogen-bond donors (Lipinski definition) is 1. The average Bonchev–Trinajstić information content (AvgIpc) is 2.53. The molecule has 0 saturated heterocycles. The molecule has 1 heteroatoms. The van der Waals surface area contributed by atoms with Crippen LogP contribution in [0.25, 0.3) is 10.8 Å². The molecule has 0 amide bonds. The predicted molar refractivity (Wildman–Crippen MR) is 86.8 cm³/mol. The zero-order chi connectivity index (χ0) is 14.7. The lowest BCUT2D eigenvalue weighted by atomic mass is 9.94. The first-order valence-corrected chi connectivity index (χ1v) is 6.95. The lowest BCUT2D eigenvalue weighted by Crippen LogP contribution is -2.18. The first-order chi connectivity index (χ1) is 10.1. The Labute approximate surface area is 124 Å². The summed E-state index contributed by atoms with van der Waals surface area (Å²) in [6, 6.07) is 23.7. The van der Waals surface area contributed by atoms with E-state index in [1.807, 2.05) is 66.7 Å². The Bertz CT molecular complexity index is 820. The van der Waals surface area contributed by atoms with Crippen molar-refractivity contribution in [1.82, 2.24) is 0 Å². The van der Waals surface area contributed by atoms with Gasteiger partial charge in [0.1, 0.15) is 5.60 Å². The number of fused-ring (bicyclic) bond motifs is 1. The number of benzene rings is 3. The van der Waals surface area contributed by atoms with Crippen LogP contribution in [0.3, 0.4) is 0 Å². The van der Waals surface area contributed by atoms with Crippen molar-refractivity contribution < 1.29 is 5.11 Å². The summed E-state index contributed by atoms with van der Waals surface area (Å²) in [5, 5.41) is 12.9. The van der Waals surface area contributed by atoms with Crippen molar-refractivity contribution in [1.29, 1.82) is 0 Å². The van der Waals surface area contributed by atoms with Crippen LogP contribution < -0.4 is 0 Å². The van der Waals surface area contributed by atoms with Gasteiger partial charge >= 0.3 is 0 Å². The molecule has 0 aromatic heterocycles. The standard InChI is InChI=1S/C20H16O/c1-20(21,14-13-16-7-3-2-4-8-16)19-12-11-17-9-5-6-10-18(17)15-19/h2-12,15,21H,1H3/t20-/m0/s1. The molecule has 0 unspecified atom stereocenters. The van der Waals surface area contributed by atoms with Gasteiger partial charge in [-0.25, -0.2) is 0 Å². The Morgan fingerprint density at radius 3 is 2.24 bits per heavy atom. The lowest BCUT2D eigenvalue weighted by molar-refractivity contribution is 0.122. The van der Waals surface area contributed by atoms with Crippen molar-refractivity contribution in [2.75, 3.05) is 0 Å². The summed E-state index contributed by atoms with van der Waals surface area (Å²) in [4.78, 5) is 0. The molecular weight excluding hydrogens is 256 g/mol. The van der Waals surface area contributed by atoms with Crippen molar-refractivity contribution in [3.63, 3.8) is 0 Å². The minimum atomic E-state index is -1.17. The van der Waals surface area contributed by atoms with Gasteiger partial charge in [0.05, 0.1) is 0 Å². The van der Waals surface area contributed by atoms with Crippen LogP contribution in [0.5, 0.6) is 0 Å². The van der Waals surface area contributed by atoms with E-state index in [2.05, 4.69) is 17.9 Å². The summed E-state index contributed by atoms with van der Waals surface area (Å²) in [5.41, 5.74) is 0.544. The molecule has 3 aromatic rings. The van der Waals surface area contributed by atoms with E-state index in [9.17, 15) is 5.11 Å². The SMILES string of the molecule is C[C@](O)(C#Cc1ccccc1)c1ccc2ccccc2c1. The van der Waals surface area contributed by atoms with Crippen LogP contribution in [-0.4, -0.2) is 5.11 Å². The maximum Gasteiger partial charge on any atom is 0.148 e. The van der Waals surface area contributed by atoms with E-state index in [0.717, 1.165) is 21.9 Å². The van der Waals surface area contributed by atoms with E-state index < -0.39 is 5.60 Å². The van der Waals surface area contributed by atoms with Crippen molar-refractivity contribution in [3.8, 4) is 11.8 Å². The zero-order valence-corrected chi connectivity index (χ0v) is 11.9. The van der Waals surface area contributed by atoms with Gasteiger partial charge < -0.3 is 5.11 Å². The minimum Gasteiger partial charge on any atom is -0.374 e. The molecule has 1 nitrogen and oxygen atoms in total. The summed E-state index contributed by atoms with van der Waals surface area (Å²) < 4.78 is 0. The zero-order valence-electron chi connectivity index (χ0n) is 11.9. The van der Waals surface area contributed by atoms with Gasteiger partial charge in [0.15, 0.2) is 0 Å². The second-order valence-electron chi connectivity index (χ2n) is 5.25. The van der Waals surface area contributed by atoms with Gasteiger partial charge in [-0.05, 0) is 41.5 Å². The summed E-state index contributed by atoms with van der Waals surface area (Å²) >= 11 is 0. The van der Waals surface area contributed by atoms with Crippen LogP contribution in [0.15, 0.2) is 72.8 Å². The molecule has 0 bridgehead atoms. The fraction of sp³-hybridized carbons (Fsp3) is 0.100. The van der Waals surface area contributed by atoms with Crippen molar-refractivity contribution in [2.45, 2.75) is 12.5 Å². The second kappa shape index (κ2) is 5.44. The largest absolute Gasteiger partial charge is 0.374 e. The Kier molecular flexibility index (Phi) is 3.48. The quantitative estimate of drug-likeness (QED) is 0.661. The van der Waals surface area contributed by atoms with E-state index in [-0.39, 0.29) is 0 Å².